The standard InChI is InChI=1S/C17H24N2OS/c1-12-9-13(2)11-14(10-12)15(20)19-17(16(18)21)7-5-3-4-6-8-17/h9-11H,3-8H2,1-2H3,(H2,18,21)(H,19,20). The van der Waals surface area contributed by atoms with Gasteiger partial charge >= 0.3 is 0 Å². The van der Waals surface area contributed by atoms with Crippen LogP contribution in [-0.4, -0.2) is 16.4 Å². The van der Waals surface area contributed by atoms with Gasteiger partial charge in [-0.05, 0) is 38.8 Å². The van der Waals surface area contributed by atoms with Gasteiger partial charge < -0.3 is 11.1 Å². The number of thiocarbonyl (C=S) groups is 1. The zero-order valence-electron chi connectivity index (χ0n) is 12.9. The van der Waals surface area contributed by atoms with Crippen LogP contribution in [-0.2, 0) is 0 Å². The van der Waals surface area contributed by atoms with Crippen LogP contribution >= 0.6 is 12.2 Å². The molecular weight excluding hydrogens is 280 g/mol. The van der Waals surface area contributed by atoms with Crippen LogP contribution in [0, 0.1) is 13.8 Å². The Hall–Kier alpha value is -1.42. The number of nitrogens with two attached hydrogens (primary N) is 1. The molecule has 1 saturated carbocycles. The number of carbonyl (C=O) groups excluding carboxylic acids is 1. The molecule has 0 unspecified atom stereocenters. The van der Waals surface area contributed by atoms with Crippen molar-refractivity contribution in [3.8, 4) is 0 Å². The fourth-order valence-electron chi connectivity index (χ4n) is 3.16. The largest absolute Gasteiger partial charge is 0.391 e. The first-order valence-corrected chi connectivity index (χ1v) is 8.04. The number of hydrogen-bond donors (Lipinski definition) is 2. The van der Waals surface area contributed by atoms with Crippen LogP contribution in [0.15, 0.2) is 18.2 Å². The summed E-state index contributed by atoms with van der Waals surface area (Å²) in [6.07, 6.45) is 6.18. The Morgan fingerprint density at radius 2 is 1.62 bits per heavy atom. The topological polar surface area (TPSA) is 55.1 Å². The van der Waals surface area contributed by atoms with Crippen molar-refractivity contribution in [3.63, 3.8) is 0 Å². The number of benzene rings is 1. The Balaban J connectivity index is 2.23. The van der Waals surface area contributed by atoms with Crippen LogP contribution in [0.4, 0.5) is 0 Å². The maximum absolute atomic E-state index is 12.6. The van der Waals surface area contributed by atoms with Gasteiger partial charge in [0.25, 0.3) is 5.91 Å². The molecule has 114 valence electrons. The van der Waals surface area contributed by atoms with E-state index in [1.54, 1.807) is 0 Å². The van der Waals surface area contributed by atoms with Gasteiger partial charge in [0.1, 0.15) is 0 Å². The number of nitrogens with one attached hydrogen (secondary N) is 1. The molecule has 0 radical (unpaired) electrons. The minimum atomic E-state index is -0.513. The van der Waals surface area contributed by atoms with Crippen molar-refractivity contribution in [3.05, 3.63) is 34.9 Å². The third kappa shape index (κ3) is 3.82. The Morgan fingerprint density at radius 3 is 2.10 bits per heavy atom. The average Bonchev–Trinajstić information content (AvgIpc) is 2.64. The van der Waals surface area contributed by atoms with Gasteiger partial charge in [-0.2, -0.15) is 0 Å². The molecule has 21 heavy (non-hydrogen) atoms. The van der Waals surface area contributed by atoms with E-state index >= 15 is 0 Å². The zero-order valence-corrected chi connectivity index (χ0v) is 13.7. The van der Waals surface area contributed by atoms with Crippen molar-refractivity contribution in [2.75, 3.05) is 0 Å². The molecule has 1 aliphatic carbocycles. The minimum absolute atomic E-state index is 0.0727. The molecule has 0 saturated heterocycles. The van der Waals surface area contributed by atoms with Crippen molar-refractivity contribution in [1.82, 2.24) is 5.32 Å². The molecule has 0 aromatic heterocycles. The molecule has 1 fully saturated rings. The molecule has 0 spiro atoms. The average molecular weight is 304 g/mol. The normalized spacial score (nSPS) is 17.8. The lowest BCUT2D eigenvalue weighted by atomic mass is 9.89. The lowest BCUT2D eigenvalue weighted by molar-refractivity contribution is 0.0917. The minimum Gasteiger partial charge on any atom is -0.391 e. The van der Waals surface area contributed by atoms with Gasteiger partial charge in [-0.1, -0.05) is 55.1 Å². The molecule has 0 atom stereocenters. The molecule has 1 aliphatic rings. The first-order chi connectivity index (χ1) is 9.93. The smallest absolute Gasteiger partial charge is 0.252 e. The van der Waals surface area contributed by atoms with Gasteiger partial charge in [-0.25, -0.2) is 0 Å². The summed E-state index contributed by atoms with van der Waals surface area (Å²) in [6, 6.07) is 5.88. The van der Waals surface area contributed by atoms with Crippen molar-refractivity contribution < 1.29 is 4.79 Å². The lowest BCUT2D eigenvalue weighted by Crippen LogP contribution is -2.56. The number of rotatable bonds is 3. The van der Waals surface area contributed by atoms with Crippen LogP contribution in [0.25, 0.3) is 0 Å². The number of amides is 1. The van der Waals surface area contributed by atoms with Crippen LogP contribution in [0.2, 0.25) is 0 Å². The number of carbonyl (C=O) groups is 1. The summed E-state index contributed by atoms with van der Waals surface area (Å²) in [5, 5.41) is 3.14. The SMILES string of the molecule is Cc1cc(C)cc(C(=O)NC2(C(N)=S)CCCCCC2)c1. The van der Waals surface area contributed by atoms with Crippen molar-refractivity contribution >= 4 is 23.1 Å². The summed E-state index contributed by atoms with van der Waals surface area (Å²) in [5.74, 6) is -0.0727. The van der Waals surface area contributed by atoms with E-state index in [1.807, 2.05) is 26.0 Å². The Bertz CT molecular complexity index is 525. The molecule has 2 rings (SSSR count). The van der Waals surface area contributed by atoms with Crippen molar-refractivity contribution in [2.45, 2.75) is 57.9 Å². The Kier molecular flexibility index (Phi) is 4.99. The highest BCUT2D eigenvalue weighted by Gasteiger charge is 2.35. The first-order valence-electron chi connectivity index (χ1n) is 7.64. The van der Waals surface area contributed by atoms with Crippen LogP contribution in [0.3, 0.4) is 0 Å². The molecule has 1 aromatic rings. The fourth-order valence-corrected chi connectivity index (χ4v) is 3.42. The molecule has 3 N–H and O–H groups in total. The van der Waals surface area contributed by atoms with Crippen LogP contribution < -0.4 is 11.1 Å². The maximum Gasteiger partial charge on any atom is 0.252 e. The molecule has 0 aliphatic heterocycles. The molecule has 0 bridgehead atoms. The predicted molar refractivity (Wildman–Crippen MR) is 90.6 cm³/mol. The second kappa shape index (κ2) is 6.56. The summed E-state index contributed by atoms with van der Waals surface area (Å²) in [5.41, 5.74) is 8.33. The summed E-state index contributed by atoms with van der Waals surface area (Å²) < 4.78 is 0. The summed E-state index contributed by atoms with van der Waals surface area (Å²) in [7, 11) is 0. The first kappa shape index (κ1) is 16.0. The van der Waals surface area contributed by atoms with Crippen LogP contribution in [0.1, 0.15) is 60.0 Å². The molecule has 0 heterocycles. The molecular formula is C17H24N2OS. The van der Waals surface area contributed by atoms with E-state index in [0.717, 1.165) is 36.8 Å². The van der Waals surface area contributed by atoms with E-state index in [9.17, 15) is 4.79 Å². The second-order valence-corrected chi connectivity index (χ2v) is 6.63. The highest BCUT2D eigenvalue weighted by Crippen LogP contribution is 2.28. The van der Waals surface area contributed by atoms with E-state index in [1.165, 1.54) is 12.8 Å². The highest BCUT2D eigenvalue weighted by atomic mass is 32.1. The second-order valence-electron chi connectivity index (χ2n) is 6.19. The van der Waals surface area contributed by atoms with Crippen molar-refractivity contribution in [2.24, 2.45) is 5.73 Å². The van der Waals surface area contributed by atoms with Crippen LogP contribution in [0.5, 0.6) is 0 Å². The number of hydrogen-bond acceptors (Lipinski definition) is 2. The maximum atomic E-state index is 12.6. The predicted octanol–water partition coefficient (Wildman–Crippen LogP) is 3.41. The molecule has 1 amide bonds. The van der Waals surface area contributed by atoms with Gasteiger partial charge in [0.05, 0.1) is 10.5 Å². The van der Waals surface area contributed by atoms with Gasteiger partial charge in [0.2, 0.25) is 0 Å². The summed E-state index contributed by atoms with van der Waals surface area (Å²) in [4.78, 5) is 13.0. The van der Waals surface area contributed by atoms with E-state index in [4.69, 9.17) is 18.0 Å². The lowest BCUT2D eigenvalue weighted by Gasteiger charge is -2.33. The van der Waals surface area contributed by atoms with E-state index in [2.05, 4.69) is 11.4 Å². The van der Waals surface area contributed by atoms with Gasteiger partial charge in [0.15, 0.2) is 0 Å². The Morgan fingerprint density at radius 1 is 1.10 bits per heavy atom. The van der Waals surface area contributed by atoms with Gasteiger partial charge in [-0.15, -0.1) is 0 Å². The zero-order chi connectivity index (χ0) is 15.5. The van der Waals surface area contributed by atoms with Crippen molar-refractivity contribution in [1.29, 1.82) is 0 Å². The fraction of sp³-hybridized carbons (Fsp3) is 0.529. The van der Waals surface area contributed by atoms with E-state index in [0.29, 0.717) is 10.6 Å². The highest BCUT2D eigenvalue weighted by molar-refractivity contribution is 7.80. The molecule has 1 aromatic carbocycles. The molecule has 4 heteroatoms. The van der Waals surface area contributed by atoms with Gasteiger partial charge in [0, 0.05) is 5.56 Å². The number of aryl methyl sites for hydroxylation is 2. The third-order valence-electron chi connectivity index (χ3n) is 4.27. The van der Waals surface area contributed by atoms with E-state index < -0.39 is 5.54 Å². The quantitative estimate of drug-likeness (QED) is 0.664. The molecule has 3 nitrogen and oxygen atoms in total. The summed E-state index contributed by atoms with van der Waals surface area (Å²) >= 11 is 5.27. The third-order valence-corrected chi connectivity index (χ3v) is 4.66. The van der Waals surface area contributed by atoms with Gasteiger partial charge in [-0.3, -0.25) is 4.79 Å². The summed E-state index contributed by atoms with van der Waals surface area (Å²) in [6.45, 7) is 4.00. The Labute approximate surface area is 132 Å². The monoisotopic (exact) mass is 304 g/mol. The van der Waals surface area contributed by atoms with E-state index in [-0.39, 0.29) is 5.91 Å².